The van der Waals surface area contributed by atoms with Crippen LogP contribution in [0.1, 0.15) is 38.2 Å². The van der Waals surface area contributed by atoms with Crippen LogP contribution in [0.15, 0.2) is 23.1 Å². The number of nitrogens with zero attached hydrogens (tertiary/aromatic N) is 2. The van der Waals surface area contributed by atoms with Gasteiger partial charge in [-0.2, -0.15) is 5.26 Å². The van der Waals surface area contributed by atoms with Crippen molar-refractivity contribution in [3.05, 3.63) is 23.8 Å². The van der Waals surface area contributed by atoms with Crippen molar-refractivity contribution in [1.29, 1.82) is 5.26 Å². The summed E-state index contributed by atoms with van der Waals surface area (Å²) < 4.78 is 0. The van der Waals surface area contributed by atoms with Gasteiger partial charge in [-0.3, -0.25) is 0 Å². The molecule has 1 aliphatic heterocycles. The monoisotopic (exact) mass is 303 g/mol. The lowest BCUT2D eigenvalue weighted by Crippen LogP contribution is -2.38. The van der Waals surface area contributed by atoms with E-state index in [4.69, 9.17) is 0 Å². The molecule has 114 valence electrons. The van der Waals surface area contributed by atoms with Crippen molar-refractivity contribution in [1.82, 2.24) is 5.32 Å². The molecule has 0 bridgehead atoms. The maximum Gasteiger partial charge on any atom is 0.103 e. The molecule has 0 radical (unpaired) electrons. The van der Waals surface area contributed by atoms with Crippen molar-refractivity contribution in [3.8, 4) is 6.07 Å². The lowest BCUT2D eigenvalue weighted by atomic mass is 10.1. The van der Waals surface area contributed by atoms with Gasteiger partial charge in [0.2, 0.25) is 0 Å². The largest absolute Gasteiger partial charge is 0.369 e. The molecule has 1 atom stereocenters. The first-order valence-electron chi connectivity index (χ1n) is 7.85. The number of rotatable bonds is 7. The van der Waals surface area contributed by atoms with Gasteiger partial charge in [0.05, 0.1) is 11.3 Å². The van der Waals surface area contributed by atoms with Gasteiger partial charge in [-0.05, 0) is 44.2 Å². The molecule has 0 spiro atoms. The van der Waals surface area contributed by atoms with Crippen molar-refractivity contribution in [2.45, 2.75) is 43.5 Å². The molecule has 1 aromatic rings. The summed E-state index contributed by atoms with van der Waals surface area (Å²) >= 11 is 1.65. The average Bonchev–Trinajstić information content (AvgIpc) is 3.03. The normalized spacial score (nSPS) is 17.7. The molecule has 1 fully saturated rings. The summed E-state index contributed by atoms with van der Waals surface area (Å²) in [6, 6.07) is 9.19. The molecule has 1 aromatic carbocycles. The Balaban J connectivity index is 2.24. The minimum atomic E-state index is 0.561. The van der Waals surface area contributed by atoms with Crippen LogP contribution in [-0.4, -0.2) is 31.9 Å². The third-order valence-corrected chi connectivity index (χ3v) is 4.84. The van der Waals surface area contributed by atoms with Crippen LogP contribution < -0.4 is 10.2 Å². The number of unbranched alkanes of at least 4 members (excludes halogenated alkanes) is 1. The lowest BCUT2D eigenvalue weighted by Gasteiger charge is -2.29. The molecule has 1 heterocycles. The summed E-state index contributed by atoms with van der Waals surface area (Å²) in [7, 11) is 0. The van der Waals surface area contributed by atoms with E-state index in [-0.39, 0.29) is 0 Å². The molecule has 3 nitrogen and oxygen atoms in total. The first-order chi connectivity index (χ1) is 10.3. The summed E-state index contributed by atoms with van der Waals surface area (Å²) in [5.41, 5.74) is 1.94. The molecule has 0 saturated carbocycles. The van der Waals surface area contributed by atoms with E-state index >= 15 is 0 Å². The quantitative estimate of drug-likeness (QED) is 0.781. The van der Waals surface area contributed by atoms with Gasteiger partial charge in [0.1, 0.15) is 6.07 Å². The van der Waals surface area contributed by atoms with Crippen LogP contribution in [0.2, 0.25) is 0 Å². The highest BCUT2D eigenvalue weighted by atomic mass is 32.2. The Morgan fingerprint density at radius 2 is 2.33 bits per heavy atom. The van der Waals surface area contributed by atoms with Crippen molar-refractivity contribution < 1.29 is 0 Å². The van der Waals surface area contributed by atoms with E-state index in [1.807, 2.05) is 12.3 Å². The summed E-state index contributed by atoms with van der Waals surface area (Å²) in [5, 5.41) is 13.1. The topological polar surface area (TPSA) is 39.1 Å². The minimum Gasteiger partial charge on any atom is -0.369 e. The lowest BCUT2D eigenvalue weighted by molar-refractivity contribution is 0.572. The van der Waals surface area contributed by atoms with E-state index in [1.54, 1.807) is 11.8 Å². The van der Waals surface area contributed by atoms with Crippen molar-refractivity contribution in [3.63, 3.8) is 0 Å². The summed E-state index contributed by atoms with van der Waals surface area (Å²) in [6.45, 7) is 5.38. The van der Waals surface area contributed by atoms with E-state index in [0.29, 0.717) is 6.04 Å². The standard InChI is InChI=1S/C17H25N3S/c1-3-4-11-20(13-14-7-6-10-19-14)16-8-5-9-17(21-2)15(16)12-18/h5,8-9,14,19H,3-4,6-7,10-11,13H2,1-2H3. The van der Waals surface area contributed by atoms with Crippen LogP contribution in [0.25, 0.3) is 0 Å². The molecule has 21 heavy (non-hydrogen) atoms. The Bertz CT molecular complexity index is 489. The van der Waals surface area contributed by atoms with E-state index in [9.17, 15) is 5.26 Å². The van der Waals surface area contributed by atoms with Gasteiger partial charge in [-0.1, -0.05) is 19.4 Å². The summed E-state index contributed by atoms with van der Waals surface area (Å²) in [6.07, 6.45) is 6.89. The van der Waals surface area contributed by atoms with Gasteiger partial charge in [-0.25, -0.2) is 0 Å². The first kappa shape index (κ1) is 16.2. The van der Waals surface area contributed by atoms with Crippen LogP contribution in [-0.2, 0) is 0 Å². The Kier molecular flexibility index (Phi) is 6.41. The van der Waals surface area contributed by atoms with Gasteiger partial charge in [0, 0.05) is 24.0 Å². The van der Waals surface area contributed by atoms with Gasteiger partial charge in [0.25, 0.3) is 0 Å². The molecule has 1 N–H and O–H groups in total. The molecule has 4 heteroatoms. The Labute approximate surface area is 132 Å². The molecule has 0 aromatic heterocycles. The number of nitrogens with one attached hydrogen (secondary N) is 1. The second-order valence-electron chi connectivity index (χ2n) is 5.56. The maximum absolute atomic E-state index is 9.56. The van der Waals surface area contributed by atoms with Crippen molar-refractivity contribution in [2.75, 3.05) is 30.8 Å². The molecule has 1 aliphatic rings. The van der Waals surface area contributed by atoms with Crippen LogP contribution in [0, 0.1) is 11.3 Å². The van der Waals surface area contributed by atoms with Crippen molar-refractivity contribution >= 4 is 17.4 Å². The SMILES string of the molecule is CCCCN(CC1CCCN1)c1cccc(SC)c1C#N. The molecule has 1 unspecified atom stereocenters. The average molecular weight is 303 g/mol. The van der Waals surface area contributed by atoms with Crippen LogP contribution >= 0.6 is 11.8 Å². The highest BCUT2D eigenvalue weighted by Gasteiger charge is 2.20. The van der Waals surface area contributed by atoms with Gasteiger partial charge in [0.15, 0.2) is 0 Å². The number of hydrogen-bond acceptors (Lipinski definition) is 4. The van der Waals surface area contributed by atoms with E-state index in [2.05, 4.69) is 35.3 Å². The van der Waals surface area contributed by atoms with Gasteiger partial charge < -0.3 is 10.2 Å². The predicted octanol–water partition coefficient (Wildman–Crippen LogP) is 3.64. The third kappa shape index (κ3) is 4.15. The zero-order valence-corrected chi connectivity index (χ0v) is 13.9. The number of anilines is 1. The summed E-state index contributed by atoms with van der Waals surface area (Å²) in [4.78, 5) is 3.49. The third-order valence-electron chi connectivity index (χ3n) is 4.06. The zero-order valence-electron chi connectivity index (χ0n) is 13.1. The molecular formula is C17H25N3S. The van der Waals surface area contributed by atoms with Crippen LogP contribution in [0.3, 0.4) is 0 Å². The predicted molar refractivity (Wildman–Crippen MR) is 91.1 cm³/mol. The van der Waals surface area contributed by atoms with E-state index in [0.717, 1.165) is 35.8 Å². The smallest absolute Gasteiger partial charge is 0.103 e. The Morgan fingerprint density at radius 1 is 1.48 bits per heavy atom. The first-order valence-corrected chi connectivity index (χ1v) is 9.08. The minimum absolute atomic E-state index is 0.561. The summed E-state index contributed by atoms with van der Waals surface area (Å²) in [5.74, 6) is 0. The Hall–Kier alpha value is -1.18. The van der Waals surface area contributed by atoms with E-state index in [1.165, 1.54) is 25.7 Å². The van der Waals surface area contributed by atoms with Crippen molar-refractivity contribution in [2.24, 2.45) is 0 Å². The van der Waals surface area contributed by atoms with Gasteiger partial charge in [-0.15, -0.1) is 11.8 Å². The maximum atomic E-state index is 9.56. The zero-order chi connectivity index (χ0) is 15.1. The highest BCUT2D eigenvalue weighted by Crippen LogP contribution is 2.29. The molecule has 0 aliphatic carbocycles. The second-order valence-corrected chi connectivity index (χ2v) is 6.41. The second kappa shape index (κ2) is 8.31. The fraction of sp³-hybridized carbons (Fsp3) is 0.588. The number of hydrogen-bond donors (Lipinski definition) is 1. The molecule has 0 amide bonds. The highest BCUT2D eigenvalue weighted by molar-refractivity contribution is 7.98. The number of thioether (sulfide) groups is 1. The molecular weight excluding hydrogens is 278 g/mol. The Morgan fingerprint density at radius 3 is 2.95 bits per heavy atom. The fourth-order valence-electron chi connectivity index (χ4n) is 2.90. The van der Waals surface area contributed by atoms with Crippen LogP contribution in [0.4, 0.5) is 5.69 Å². The fourth-order valence-corrected chi connectivity index (χ4v) is 3.47. The van der Waals surface area contributed by atoms with E-state index < -0.39 is 0 Å². The van der Waals surface area contributed by atoms with Gasteiger partial charge >= 0.3 is 0 Å². The number of nitriles is 1. The number of benzene rings is 1. The molecule has 1 saturated heterocycles. The van der Waals surface area contributed by atoms with Crippen LogP contribution in [0.5, 0.6) is 0 Å². The molecule has 2 rings (SSSR count).